The van der Waals surface area contributed by atoms with E-state index in [-0.39, 0.29) is 6.10 Å². The van der Waals surface area contributed by atoms with Crippen LogP contribution in [0.15, 0.2) is 36.8 Å². The summed E-state index contributed by atoms with van der Waals surface area (Å²) in [5.74, 6) is 0. The van der Waals surface area contributed by atoms with Crippen molar-refractivity contribution in [3.63, 3.8) is 0 Å². The minimum atomic E-state index is 0.140. The number of nitrogens with zero attached hydrogens (tertiary/aromatic N) is 2. The lowest BCUT2D eigenvalue weighted by atomic mass is 9.98. The van der Waals surface area contributed by atoms with Crippen LogP contribution in [-0.4, -0.2) is 23.6 Å². The summed E-state index contributed by atoms with van der Waals surface area (Å²) in [6, 6.07) is 6.26. The van der Waals surface area contributed by atoms with E-state index < -0.39 is 0 Å². The minimum Gasteiger partial charge on any atom is -0.367 e. The molecule has 0 amide bonds. The zero-order chi connectivity index (χ0) is 12.4. The van der Waals surface area contributed by atoms with Crippen LogP contribution in [0.2, 0.25) is 0 Å². The molecule has 0 aliphatic carbocycles. The van der Waals surface area contributed by atoms with E-state index >= 15 is 0 Å². The molecule has 1 aromatic heterocycles. The highest BCUT2D eigenvalue weighted by atomic mass is 16.5. The maximum Gasteiger partial charge on any atom is 0.0957 e. The average molecular weight is 241 g/mol. The molecular formula is C14H15N3O. The Morgan fingerprint density at radius 2 is 2.33 bits per heavy atom. The Morgan fingerprint density at radius 1 is 1.39 bits per heavy atom. The second-order valence-electron chi connectivity index (χ2n) is 4.32. The molecule has 4 heteroatoms. The van der Waals surface area contributed by atoms with Crippen LogP contribution in [-0.2, 0) is 11.3 Å². The third-order valence-corrected chi connectivity index (χ3v) is 3.22. The molecule has 3 rings (SSSR count). The standard InChI is InChI=1S/C14H15N3O/c1-15-8-14-11-4-2-3-10(12(11)9-18-14)13-7-16-5-6-17-13/h2-7,14-15H,8-9H2,1H3/t14-/m0/s1. The Hall–Kier alpha value is -1.78. The molecule has 0 saturated heterocycles. The fourth-order valence-corrected chi connectivity index (χ4v) is 2.37. The highest BCUT2D eigenvalue weighted by molar-refractivity contribution is 5.65. The van der Waals surface area contributed by atoms with Gasteiger partial charge in [0.05, 0.1) is 24.6 Å². The maximum absolute atomic E-state index is 5.82. The second-order valence-corrected chi connectivity index (χ2v) is 4.32. The van der Waals surface area contributed by atoms with Crippen molar-refractivity contribution in [2.75, 3.05) is 13.6 Å². The van der Waals surface area contributed by atoms with Gasteiger partial charge in [0.1, 0.15) is 0 Å². The Bertz CT molecular complexity index is 542. The first-order chi connectivity index (χ1) is 8.90. The summed E-state index contributed by atoms with van der Waals surface area (Å²) in [5, 5.41) is 3.16. The minimum absolute atomic E-state index is 0.140. The molecule has 0 unspecified atom stereocenters. The number of aromatic nitrogens is 2. The molecule has 18 heavy (non-hydrogen) atoms. The fourth-order valence-electron chi connectivity index (χ4n) is 2.37. The lowest BCUT2D eigenvalue weighted by molar-refractivity contribution is 0.0675. The summed E-state index contributed by atoms with van der Waals surface area (Å²) < 4.78 is 5.82. The van der Waals surface area contributed by atoms with Crippen molar-refractivity contribution >= 4 is 0 Å². The second kappa shape index (κ2) is 4.84. The molecule has 4 nitrogen and oxygen atoms in total. The van der Waals surface area contributed by atoms with E-state index in [2.05, 4.69) is 33.5 Å². The molecule has 92 valence electrons. The predicted octanol–water partition coefficient (Wildman–Crippen LogP) is 1.93. The van der Waals surface area contributed by atoms with Crippen molar-refractivity contribution in [1.82, 2.24) is 15.3 Å². The van der Waals surface area contributed by atoms with Gasteiger partial charge in [0.2, 0.25) is 0 Å². The number of ether oxygens (including phenoxy) is 1. The van der Waals surface area contributed by atoms with Crippen LogP contribution in [0.5, 0.6) is 0 Å². The van der Waals surface area contributed by atoms with Crippen molar-refractivity contribution in [3.8, 4) is 11.3 Å². The molecule has 1 aliphatic rings. The number of likely N-dealkylation sites (N-methyl/N-ethyl adjacent to an activating group) is 1. The lowest BCUT2D eigenvalue weighted by Gasteiger charge is -2.10. The van der Waals surface area contributed by atoms with E-state index in [0.717, 1.165) is 17.8 Å². The SMILES string of the molecule is CNC[C@@H]1OCc2c(-c3cnccn3)cccc21. The van der Waals surface area contributed by atoms with Gasteiger partial charge < -0.3 is 10.1 Å². The molecule has 1 atom stereocenters. The molecule has 1 aromatic carbocycles. The zero-order valence-corrected chi connectivity index (χ0v) is 10.3. The first-order valence-electron chi connectivity index (χ1n) is 6.04. The zero-order valence-electron chi connectivity index (χ0n) is 10.3. The predicted molar refractivity (Wildman–Crippen MR) is 68.9 cm³/mol. The van der Waals surface area contributed by atoms with Crippen molar-refractivity contribution in [1.29, 1.82) is 0 Å². The largest absolute Gasteiger partial charge is 0.367 e. The van der Waals surface area contributed by atoms with Crippen LogP contribution in [0.25, 0.3) is 11.3 Å². The Morgan fingerprint density at radius 3 is 3.11 bits per heavy atom. The smallest absolute Gasteiger partial charge is 0.0957 e. The summed E-state index contributed by atoms with van der Waals surface area (Å²) in [7, 11) is 1.94. The molecule has 1 aliphatic heterocycles. The van der Waals surface area contributed by atoms with E-state index in [1.54, 1.807) is 18.6 Å². The summed E-state index contributed by atoms with van der Waals surface area (Å²) in [6.07, 6.45) is 5.34. The van der Waals surface area contributed by atoms with Gasteiger partial charge in [-0.05, 0) is 18.2 Å². The van der Waals surface area contributed by atoms with Crippen molar-refractivity contribution in [2.45, 2.75) is 12.7 Å². The van der Waals surface area contributed by atoms with Gasteiger partial charge in [-0.25, -0.2) is 0 Å². The molecule has 0 saturated carbocycles. The van der Waals surface area contributed by atoms with Gasteiger partial charge in [0.25, 0.3) is 0 Å². The Kier molecular flexibility index (Phi) is 3.04. The van der Waals surface area contributed by atoms with E-state index in [1.807, 2.05) is 7.05 Å². The highest BCUT2D eigenvalue weighted by Gasteiger charge is 2.25. The van der Waals surface area contributed by atoms with Crippen molar-refractivity contribution in [3.05, 3.63) is 47.9 Å². The summed E-state index contributed by atoms with van der Waals surface area (Å²) in [4.78, 5) is 8.49. The first kappa shape index (κ1) is 11.3. The highest BCUT2D eigenvalue weighted by Crippen LogP contribution is 2.35. The van der Waals surface area contributed by atoms with Gasteiger partial charge in [-0.3, -0.25) is 9.97 Å². The van der Waals surface area contributed by atoms with E-state index in [0.29, 0.717) is 6.61 Å². The number of fused-ring (bicyclic) bond motifs is 1. The number of rotatable bonds is 3. The fraction of sp³-hybridized carbons (Fsp3) is 0.286. The van der Waals surface area contributed by atoms with E-state index in [4.69, 9.17) is 4.74 Å². The topological polar surface area (TPSA) is 47.0 Å². The molecule has 0 bridgehead atoms. The normalized spacial score (nSPS) is 17.7. The van der Waals surface area contributed by atoms with Crippen LogP contribution in [0.3, 0.4) is 0 Å². The molecule has 1 N–H and O–H groups in total. The Balaban J connectivity index is 2.04. The number of nitrogens with one attached hydrogen (secondary N) is 1. The van der Waals surface area contributed by atoms with E-state index in [9.17, 15) is 0 Å². The molecule has 0 radical (unpaired) electrons. The van der Waals surface area contributed by atoms with E-state index in [1.165, 1.54) is 11.1 Å². The average Bonchev–Trinajstić information content (AvgIpc) is 2.84. The molecule has 0 fully saturated rings. The summed E-state index contributed by atoms with van der Waals surface area (Å²) in [5.41, 5.74) is 4.52. The monoisotopic (exact) mass is 241 g/mol. The van der Waals surface area contributed by atoms with Gasteiger partial charge >= 0.3 is 0 Å². The third-order valence-electron chi connectivity index (χ3n) is 3.22. The quantitative estimate of drug-likeness (QED) is 0.892. The molecule has 0 spiro atoms. The Labute approximate surface area is 106 Å². The van der Waals surface area contributed by atoms with Gasteiger partial charge in [-0.15, -0.1) is 0 Å². The van der Waals surface area contributed by atoms with Gasteiger partial charge in [-0.2, -0.15) is 0 Å². The molecule has 2 heterocycles. The van der Waals surface area contributed by atoms with Crippen LogP contribution >= 0.6 is 0 Å². The van der Waals surface area contributed by atoms with Crippen molar-refractivity contribution in [2.24, 2.45) is 0 Å². The van der Waals surface area contributed by atoms with Gasteiger partial charge in [0.15, 0.2) is 0 Å². The maximum atomic E-state index is 5.82. The van der Waals surface area contributed by atoms with Gasteiger partial charge in [-0.1, -0.05) is 18.2 Å². The summed E-state index contributed by atoms with van der Waals surface area (Å²) in [6.45, 7) is 1.48. The van der Waals surface area contributed by atoms with Crippen LogP contribution in [0, 0.1) is 0 Å². The number of hydrogen-bond donors (Lipinski definition) is 1. The molecule has 2 aromatic rings. The summed E-state index contributed by atoms with van der Waals surface area (Å²) >= 11 is 0. The number of benzene rings is 1. The van der Waals surface area contributed by atoms with Crippen LogP contribution < -0.4 is 5.32 Å². The van der Waals surface area contributed by atoms with Gasteiger partial charge in [0, 0.05) is 24.5 Å². The molecular weight excluding hydrogens is 226 g/mol. The third kappa shape index (κ3) is 1.89. The van der Waals surface area contributed by atoms with Crippen LogP contribution in [0.1, 0.15) is 17.2 Å². The van der Waals surface area contributed by atoms with Crippen molar-refractivity contribution < 1.29 is 4.74 Å². The van der Waals surface area contributed by atoms with Crippen LogP contribution in [0.4, 0.5) is 0 Å². The first-order valence-corrected chi connectivity index (χ1v) is 6.04. The lowest BCUT2D eigenvalue weighted by Crippen LogP contribution is -2.16. The number of hydrogen-bond acceptors (Lipinski definition) is 4.